The smallest absolute Gasteiger partial charge is 0.306 e. The molecule has 4 rings (SSSR count). The van der Waals surface area contributed by atoms with Crippen LogP contribution in [0.4, 0.5) is 0 Å². The molecule has 0 aromatic heterocycles. The van der Waals surface area contributed by atoms with Crippen LogP contribution in [0.5, 0.6) is 5.75 Å². The first-order valence-electron chi connectivity index (χ1n) is 9.10. The van der Waals surface area contributed by atoms with E-state index in [1.165, 1.54) is 16.7 Å². The van der Waals surface area contributed by atoms with Gasteiger partial charge in [-0.25, -0.2) is 0 Å². The topological polar surface area (TPSA) is 46.6 Å². The Kier molecular flexibility index (Phi) is 4.12. The number of nitrogens with zero attached hydrogens (tertiary/aromatic N) is 1. The number of rotatable bonds is 3. The fourth-order valence-electron chi connectivity index (χ4n) is 5.07. The maximum atomic E-state index is 11.6. The molecule has 0 spiro atoms. The number of hydrogen-bond donors (Lipinski definition) is 0. The summed E-state index contributed by atoms with van der Waals surface area (Å²) in [6.45, 7) is 3.36. The van der Waals surface area contributed by atoms with Gasteiger partial charge >= 0.3 is 10.1 Å². The molecule has 2 aliphatic rings. The Morgan fingerprint density at radius 1 is 1.15 bits per heavy atom. The fraction of sp³-hybridized carbons (Fsp3) is 0.429. The molecule has 1 aliphatic heterocycles. The van der Waals surface area contributed by atoms with E-state index in [2.05, 4.69) is 43.1 Å². The van der Waals surface area contributed by atoms with Crippen LogP contribution in [-0.4, -0.2) is 39.2 Å². The predicted molar refractivity (Wildman–Crippen MR) is 103 cm³/mol. The van der Waals surface area contributed by atoms with Gasteiger partial charge in [-0.2, -0.15) is 8.42 Å². The Morgan fingerprint density at radius 2 is 1.88 bits per heavy atom. The van der Waals surface area contributed by atoms with Gasteiger partial charge in [0.2, 0.25) is 0 Å². The van der Waals surface area contributed by atoms with Crippen LogP contribution < -0.4 is 4.18 Å². The van der Waals surface area contributed by atoms with Crippen molar-refractivity contribution in [3.63, 3.8) is 0 Å². The van der Waals surface area contributed by atoms with E-state index in [1.807, 2.05) is 18.2 Å². The lowest BCUT2D eigenvalue weighted by molar-refractivity contribution is 0.0614. The monoisotopic (exact) mass is 371 g/mol. The molecule has 2 bridgehead atoms. The summed E-state index contributed by atoms with van der Waals surface area (Å²) in [7, 11) is -1.33. The Morgan fingerprint density at radius 3 is 2.58 bits per heavy atom. The van der Waals surface area contributed by atoms with Crippen LogP contribution in [0.1, 0.15) is 30.0 Å². The Bertz CT molecular complexity index is 926. The molecule has 2 aromatic rings. The second-order valence-corrected chi connectivity index (χ2v) is 9.31. The lowest BCUT2D eigenvalue weighted by Crippen LogP contribution is -2.58. The third-order valence-electron chi connectivity index (χ3n) is 6.31. The number of benzene rings is 2. The van der Waals surface area contributed by atoms with Crippen molar-refractivity contribution in [2.24, 2.45) is 5.92 Å². The fourth-order valence-corrected chi connectivity index (χ4v) is 5.52. The summed E-state index contributed by atoms with van der Waals surface area (Å²) in [6, 6.07) is 16.9. The average Bonchev–Trinajstić information content (AvgIpc) is 2.59. The van der Waals surface area contributed by atoms with E-state index in [0.29, 0.717) is 17.7 Å². The maximum absolute atomic E-state index is 11.6. The Hall–Kier alpha value is -1.85. The molecule has 0 amide bonds. The van der Waals surface area contributed by atoms with E-state index < -0.39 is 10.1 Å². The summed E-state index contributed by atoms with van der Waals surface area (Å²) in [5.41, 5.74) is 3.72. The highest BCUT2D eigenvalue weighted by atomic mass is 32.2. The van der Waals surface area contributed by atoms with Crippen molar-refractivity contribution in [3.8, 4) is 5.75 Å². The van der Waals surface area contributed by atoms with E-state index in [-0.39, 0.29) is 5.41 Å². The van der Waals surface area contributed by atoms with Crippen molar-refractivity contribution in [3.05, 3.63) is 65.2 Å². The van der Waals surface area contributed by atoms with E-state index >= 15 is 0 Å². The molecule has 3 atom stereocenters. The van der Waals surface area contributed by atoms with Gasteiger partial charge < -0.3 is 9.08 Å². The third-order valence-corrected chi connectivity index (χ3v) is 6.80. The molecule has 1 aliphatic carbocycles. The minimum absolute atomic E-state index is 0.108. The number of likely N-dealkylation sites (N-methyl/N-ethyl adjacent to an activating group) is 1. The first kappa shape index (κ1) is 17.6. The van der Waals surface area contributed by atoms with Gasteiger partial charge in [0.05, 0.1) is 6.26 Å². The number of hydrogen-bond acceptors (Lipinski definition) is 4. The van der Waals surface area contributed by atoms with Crippen LogP contribution in [0.25, 0.3) is 0 Å². The van der Waals surface area contributed by atoms with Gasteiger partial charge in [-0.05, 0) is 61.2 Å². The standard InChI is InChI=1S/C21H25NO3S/c1-15-20-13-16-9-10-18(25-26(3,23)24)14-19(16)21(15,11-12-22(20)2)17-7-5-4-6-8-17/h4-10,14-15,20H,11-13H2,1-3H3/t15-,20?,21?/m1/s1. The Labute approximate surface area is 155 Å². The van der Waals surface area contributed by atoms with Gasteiger partial charge in [0, 0.05) is 11.5 Å². The molecule has 5 heteroatoms. The molecule has 1 fully saturated rings. The summed E-state index contributed by atoms with van der Waals surface area (Å²) in [6.07, 6.45) is 3.09. The van der Waals surface area contributed by atoms with Gasteiger partial charge in [-0.1, -0.05) is 43.3 Å². The molecule has 0 radical (unpaired) electrons. The normalized spacial score (nSPS) is 28.4. The summed E-state index contributed by atoms with van der Waals surface area (Å²) in [5, 5.41) is 0. The van der Waals surface area contributed by atoms with Crippen molar-refractivity contribution >= 4 is 10.1 Å². The number of piperidine rings is 1. The lowest BCUT2D eigenvalue weighted by Gasteiger charge is -2.55. The first-order chi connectivity index (χ1) is 12.3. The summed E-state index contributed by atoms with van der Waals surface area (Å²) >= 11 is 0. The van der Waals surface area contributed by atoms with E-state index in [4.69, 9.17) is 4.18 Å². The van der Waals surface area contributed by atoms with Crippen LogP contribution in [0.3, 0.4) is 0 Å². The molecule has 0 N–H and O–H groups in total. The minimum Gasteiger partial charge on any atom is -0.383 e. The quantitative estimate of drug-likeness (QED) is 0.778. The number of likely N-dealkylation sites (tertiary alicyclic amines) is 1. The van der Waals surface area contributed by atoms with Crippen molar-refractivity contribution in [2.75, 3.05) is 19.8 Å². The zero-order valence-corrected chi connectivity index (χ0v) is 16.3. The minimum atomic E-state index is -3.54. The second kappa shape index (κ2) is 6.10. The third kappa shape index (κ3) is 2.74. The SMILES string of the molecule is C[C@@H]1C2Cc3ccc(OS(C)(=O)=O)cc3C1(c1ccccc1)CCN2C. The van der Waals surface area contributed by atoms with Crippen molar-refractivity contribution in [2.45, 2.75) is 31.2 Å². The van der Waals surface area contributed by atoms with E-state index in [0.717, 1.165) is 25.6 Å². The van der Waals surface area contributed by atoms with E-state index in [1.54, 1.807) is 6.07 Å². The summed E-state index contributed by atoms with van der Waals surface area (Å²) in [4.78, 5) is 2.47. The first-order valence-corrected chi connectivity index (χ1v) is 10.9. The zero-order valence-electron chi connectivity index (χ0n) is 15.5. The zero-order chi connectivity index (χ0) is 18.5. The molecule has 0 saturated carbocycles. The second-order valence-electron chi connectivity index (χ2n) is 7.73. The lowest BCUT2D eigenvalue weighted by atomic mass is 9.55. The maximum Gasteiger partial charge on any atom is 0.306 e. The van der Waals surface area contributed by atoms with Gasteiger partial charge in [-0.15, -0.1) is 0 Å². The van der Waals surface area contributed by atoms with Crippen LogP contribution in [0.2, 0.25) is 0 Å². The average molecular weight is 372 g/mol. The summed E-state index contributed by atoms with van der Waals surface area (Å²) < 4.78 is 28.4. The molecule has 1 heterocycles. The van der Waals surface area contributed by atoms with Gasteiger partial charge in [-0.3, -0.25) is 0 Å². The molecule has 138 valence electrons. The highest BCUT2D eigenvalue weighted by Crippen LogP contribution is 2.53. The van der Waals surface area contributed by atoms with Crippen LogP contribution in [-0.2, 0) is 22.0 Å². The van der Waals surface area contributed by atoms with Gasteiger partial charge in [0.15, 0.2) is 0 Å². The van der Waals surface area contributed by atoms with Gasteiger partial charge in [0.1, 0.15) is 5.75 Å². The van der Waals surface area contributed by atoms with Crippen molar-refractivity contribution in [1.82, 2.24) is 4.90 Å². The molecular formula is C21H25NO3S. The van der Waals surface area contributed by atoms with Crippen LogP contribution in [0, 0.1) is 5.92 Å². The number of fused-ring (bicyclic) bond motifs is 4. The molecule has 4 nitrogen and oxygen atoms in total. The largest absolute Gasteiger partial charge is 0.383 e. The van der Waals surface area contributed by atoms with Crippen molar-refractivity contribution < 1.29 is 12.6 Å². The summed E-state index contributed by atoms with van der Waals surface area (Å²) in [5.74, 6) is 0.843. The molecular weight excluding hydrogens is 346 g/mol. The molecule has 2 aromatic carbocycles. The van der Waals surface area contributed by atoms with Crippen LogP contribution >= 0.6 is 0 Å². The molecule has 2 unspecified atom stereocenters. The predicted octanol–water partition coefficient (Wildman–Crippen LogP) is 3.21. The molecule has 1 saturated heterocycles. The van der Waals surface area contributed by atoms with Gasteiger partial charge in [0.25, 0.3) is 0 Å². The van der Waals surface area contributed by atoms with Crippen molar-refractivity contribution in [1.29, 1.82) is 0 Å². The van der Waals surface area contributed by atoms with Crippen LogP contribution in [0.15, 0.2) is 48.5 Å². The highest BCUT2D eigenvalue weighted by molar-refractivity contribution is 7.86. The highest BCUT2D eigenvalue weighted by Gasteiger charge is 2.51. The molecule has 26 heavy (non-hydrogen) atoms. The Balaban J connectivity index is 1.93. The van der Waals surface area contributed by atoms with E-state index in [9.17, 15) is 8.42 Å².